The maximum absolute atomic E-state index is 5.72. The second kappa shape index (κ2) is 4.46. The monoisotopic (exact) mass is 302 g/mol. The largest absolute Gasteiger partial charge is 0.440 e. The van der Waals surface area contributed by atoms with Crippen LogP contribution in [-0.4, -0.2) is 4.98 Å². The van der Waals surface area contributed by atoms with Gasteiger partial charge in [0, 0.05) is 16.6 Å². The molecule has 4 heteroatoms. The van der Waals surface area contributed by atoms with Gasteiger partial charge < -0.3 is 10.2 Å². The Morgan fingerprint density at radius 2 is 2.06 bits per heavy atom. The summed E-state index contributed by atoms with van der Waals surface area (Å²) in [6.07, 6.45) is 0.675. The molecule has 2 N–H and O–H groups in total. The molecule has 3 rings (SSSR count). The van der Waals surface area contributed by atoms with Crippen molar-refractivity contribution in [3.63, 3.8) is 0 Å². The van der Waals surface area contributed by atoms with Crippen LogP contribution >= 0.6 is 15.9 Å². The third-order valence-corrected chi connectivity index (χ3v) is 3.19. The van der Waals surface area contributed by atoms with Gasteiger partial charge in [-0.1, -0.05) is 28.1 Å². The van der Waals surface area contributed by atoms with Gasteiger partial charge in [0.25, 0.3) is 0 Å². The van der Waals surface area contributed by atoms with E-state index in [9.17, 15) is 0 Å². The highest BCUT2D eigenvalue weighted by Gasteiger charge is 2.07. The molecule has 0 spiro atoms. The van der Waals surface area contributed by atoms with Crippen LogP contribution in [0.25, 0.3) is 11.1 Å². The molecule has 0 bridgehead atoms. The molecule has 0 unspecified atom stereocenters. The zero-order valence-corrected chi connectivity index (χ0v) is 11.1. The SMILES string of the molecule is Nc1ccc2oc(Cc3cccc(Br)c3)nc2c1. The summed E-state index contributed by atoms with van der Waals surface area (Å²) in [7, 11) is 0. The predicted molar refractivity (Wildman–Crippen MR) is 75.4 cm³/mol. The Morgan fingerprint density at radius 3 is 2.89 bits per heavy atom. The normalized spacial score (nSPS) is 10.9. The van der Waals surface area contributed by atoms with Gasteiger partial charge in [-0.3, -0.25) is 0 Å². The third kappa shape index (κ3) is 2.24. The van der Waals surface area contributed by atoms with Crippen molar-refractivity contribution in [2.75, 3.05) is 5.73 Å². The number of fused-ring (bicyclic) bond motifs is 1. The number of oxazole rings is 1. The van der Waals surface area contributed by atoms with E-state index in [-0.39, 0.29) is 0 Å². The number of aromatic nitrogens is 1. The molecule has 0 radical (unpaired) electrons. The lowest BCUT2D eigenvalue weighted by molar-refractivity contribution is 0.544. The van der Waals surface area contributed by atoms with Crippen LogP contribution < -0.4 is 5.73 Å². The number of nitrogens with zero attached hydrogens (tertiary/aromatic N) is 1. The quantitative estimate of drug-likeness (QED) is 0.733. The first-order valence-electron chi connectivity index (χ1n) is 5.60. The number of nitrogens with two attached hydrogens (primary N) is 1. The third-order valence-electron chi connectivity index (χ3n) is 2.70. The first kappa shape index (κ1) is 11.3. The van der Waals surface area contributed by atoms with Crippen molar-refractivity contribution in [1.82, 2.24) is 4.98 Å². The maximum atomic E-state index is 5.72. The molecular weight excluding hydrogens is 292 g/mol. The minimum absolute atomic E-state index is 0.675. The molecular formula is C14H11BrN2O. The molecule has 0 saturated heterocycles. The van der Waals surface area contributed by atoms with E-state index in [1.165, 1.54) is 0 Å². The lowest BCUT2D eigenvalue weighted by Gasteiger charge is -1.97. The maximum Gasteiger partial charge on any atom is 0.199 e. The fourth-order valence-corrected chi connectivity index (χ4v) is 2.34. The molecule has 0 aliphatic heterocycles. The van der Waals surface area contributed by atoms with Gasteiger partial charge in [-0.2, -0.15) is 0 Å². The summed E-state index contributed by atoms with van der Waals surface area (Å²) in [5, 5.41) is 0. The fraction of sp³-hybridized carbons (Fsp3) is 0.0714. The highest BCUT2D eigenvalue weighted by Crippen LogP contribution is 2.21. The number of benzene rings is 2. The van der Waals surface area contributed by atoms with Crippen LogP contribution in [0, 0.1) is 0 Å². The summed E-state index contributed by atoms with van der Waals surface area (Å²) in [5.74, 6) is 0.702. The topological polar surface area (TPSA) is 52.0 Å². The van der Waals surface area contributed by atoms with Crippen molar-refractivity contribution in [3.05, 3.63) is 58.4 Å². The molecule has 0 fully saturated rings. The number of halogens is 1. The lowest BCUT2D eigenvalue weighted by Crippen LogP contribution is -1.87. The summed E-state index contributed by atoms with van der Waals surface area (Å²) in [6, 6.07) is 13.6. The molecule has 0 amide bonds. The van der Waals surface area contributed by atoms with E-state index in [4.69, 9.17) is 10.2 Å². The fourth-order valence-electron chi connectivity index (χ4n) is 1.89. The molecule has 0 atom stereocenters. The van der Waals surface area contributed by atoms with E-state index < -0.39 is 0 Å². The van der Waals surface area contributed by atoms with Crippen molar-refractivity contribution in [2.24, 2.45) is 0 Å². The van der Waals surface area contributed by atoms with Crippen LogP contribution in [0.1, 0.15) is 11.5 Å². The average molecular weight is 303 g/mol. The van der Waals surface area contributed by atoms with Crippen LogP contribution in [0.4, 0.5) is 5.69 Å². The summed E-state index contributed by atoms with van der Waals surface area (Å²) in [5.41, 5.74) is 9.15. The molecule has 3 nitrogen and oxygen atoms in total. The summed E-state index contributed by atoms with van der Waals surface area (Å²) >= 11 is 3.45. The second-order valence-electron chi connectivity index (χ2n) is 4.14. The van der Waals surface area contributed by atoms with Gasteiger partial charge in [-0.25, -0.2) is 4.98 Å². The zero-order valence-electron chi connectivity index (χ0n) is 9.56. The van der Waals surface area contributed by atoms with Crippen molar-refractivity contribution < 1.29 is 4.42 Å². The van der Waals surface area contributed by atoms with Gasteiger partial charge in [0.05, 0.1) is 0 Å². The Bertz CT molecular complexity index is 706. The first-order chi connectivity index (χ1) is 8.70. The van der Waals surface area contributed by atoms with E-state index in [1.54, 1.807) is 0 Å². The summed E-state index contributed by atoms with van der Waals surface area (Å²) in [6.45, 7) is 0. The van der Waals surface area contributed by atoms with Crippen molar-refractivity contribution in [1.29, 1.82) is 0 Å². The summed E-state index contributed by atoms with van der Waals surface area (Å²) in [4.78, 5) is 4.44. The number of hydrogen-bond donors (Lipinski definition) is 1. The van der Waals surface area contributed by atoms with E-state index in [0.29, 0.717) is 18.0 Å². The Balaban J connectivity index is 1.95. The van der Waals surface area contributed by atoms with Crippen LogP contribution in [0.15, 0.2) is 51.4 Å². The molecule has 90 valence electrons. The molecule has 0 saturated carbocycles. The average Bonchev–Trinajstić information content (AvgIpc) is 2.70. The van der Waals surface area contributed by atoms with Crippen LogP contribution in [0.5, 0.6) is 0 Å². The van der Waals surface area contributed by atoms with Crippen molar-refractivity contribution in [2.45, 2.75) is 6.42 Å². The van der Waals surface area contributed by atoms with Crippen LogP contribution in [0.2, 0.25) is 0 Å². The highest BCUT2D eigenvalue weighted by molar-refractivity contribution is 9.10. The molecule has 3 aromatic rings. The smallest absolute Gasteiger partial charge is 0.199 e. The molecule has 0 aliphatic carbocycles. The minimum Gasteiger partial charge on any atom is -0.440 e. The van der Waals surface area contributed by atoms with E-state index in [0.717, 1.165) is 21.1 Å². The Labute approximate surface area is 113 Å². The molecule has 0 aliphatic rings. The molecule has 2 aromatic carbocycles. The van der Waals surface area contributed by atoms with Gasteiger partial charge in [0.1, 0.15) is 5.52 Å². The van der Waals surface area contributed by atoms with E-state index in [2.05, 4.69) is 27.0 Å². The second-order valence-corrected chi connectivity index (χ2v) is 5.06. The summed E-state index contributed by atoms with van der Waals surface area (Å²) < 4.78 is 6.74. The van der Waals surface area contributed by atoms with Gasteiger partial charge in [-0.15, -0.1) is 0 Å². The van der Waals surface area contributed by atoms with Crippen molar-refractivity contribution in [3.8, 4) is 0 Å². The van der Waals surface area contributed by atoms with Gasteiger partial charge in [0.15, 0.2) is 11.5 Å². The van der Waals surface area contributed by atoms with Gasteiger partial charge in [-0.05, 0) is 35.9 Å². The van der Waals surface area contributed by atoms with Crippen molar-refractivity contribution >= 4 is 32.7 Å². The first-order valence-corrected chi connectivity index (χ1v) is 6.39. The van der Waals surface area contributed by atoms with E-state index in [1.807, 2.05) is 36.4 Å². The molecule has 1 heterocycles. The van der Waals surface area contributed by atoms with Gasteiger partial charge >= 0.3 is 0 Å². The van der Waals surface area contributed by atoms with Crippen LogP contribution in [-0.2, 0) is 6.42 Å². The highest BCUT2D eigenvalue weighted by atomic mass is 79.9. The Morgan fingerprint density at radius 1 is 1.17 bits per heavy atom. The zero-order chi connectivity index (χ0) is 12.5. The number of anilines is 1. The number of hydrogen-bond acceptors (Lipinski definition) is 3. The van der Waals surface area contributed by atoms with Gasteiger partial charge in [0.2, 0.25) is 0 Å². The molecule has 1 aromatic heterocycles. The molecule has 18 heavy (non-hydrogen) atoms. The van der Waals surface area contributed by atoms with E-state index >= 15 is 0 Å². The minimum atomic E-state index is 0.675. The number of nitrogen functional groups attached to an aromatic ring is 1. The lowest BCUT2D eigenvalue weighted by atomic mass is 10.1. The van der Waals surface area contributed by atoms with Crippen LogP contribution in [0.3, 0.4) is 0 Å². The Hall–Kier alpha value is -1.81. The standard InChI is InChI=1S/C14H11BrN2O/c15-10-3-1-2-9(6-10)7-14-17-12-8-11(16)4-5-13(12)18-14/h1-6,8H,7,16H2. The predicted octanol–water partition coefficient (Wildman–Crippen LogP) is 3.76. The number of rotatable bonds is 2. The Kier molecular flexibility index (Phi) is 2.80.